The number of hydrogen-bond acceptors (Lipinski definition) is 6. The molecule has 0 aromatic heterocycles. The number of amides is 3. The van der Waals surface area contributed by atoms with Crippen molar-refractivity contribution in [2.24, 2.45) is 0 Å². The number of nitrogens with one attached hydrogen (secondary N) is 4. The normalized spacial score (nSPS) is 14.3. The standard InChI is InChI=1S/C30H32N4O6/c1-18(35)32-24(13-14-29(37)38)20-8-10-21(11-9-20)33-28(36)16-19-7-12-26(27(15-19)40-2)34-30(39)23-17-31-25-6-4-3-5-22(23)25/h3-12,15,23-24,31H,13-14,16-17H2,1-2H3,(H,32,35)(H,33,36)(H,34,39)(H,37,38). The van der Waals surface area contributed by atoms with E-state index in [-0.39, 0.29) is 42.9 Å². The summed E-state index contributed by atoms with van der Waals surface area (Å²) in [5, 5.41) is 20.8. The number of benzene rings is 3. The van der Waals surface area contributed by atoms with Crippen LogP contribution in [-0.2, 0) is 25.6 Å². The second kappa shape index (κ2) is 12.8. The first-order valence-electron chi connectivity index (χ1n) is 12.9. The van der Waals surface area contributed by atoms with Gasteiger partial charge in [0.25, 0.3) is 0 Å². The predicted molar refractivity (Wildman–Crippen MR) is 151 cm³/mol. The number of aliphatic carboxylic acids is 1. The van der Waals surface area contributed by atoms with Crippen molar-refractivity contribution in [3.8, 4) is 5.75 Å². The maximum Gasteiger partial charge on any atom is 0.303 e. The molecule has 3 amide bonds. The third kappa shape index (κ3) is 7.16. The van der Waals surface area contributed by atoms with Gasteiger partial charge < -0.3 is 31.1 Å². The van der Waals surface area contributed by atoms with Crippen LogP contribution in [0.2, 0.25) is 0 Å². The number of para-hydroxylation sites is 1. The van der Waals surface area contributed by atoms with Crippen LogP contribution in [0, 0.1) is 0 Å². The molecule has 0 fully saturated rings. The number of fused-ring (bicyclic) bond motifs is 1. The average molecular weight is 545 g/mol. The zero-order valence-electron chi connectivity index (χ0n) is 22.3. The largest absolute Gasteiger partial charge is 0.495 e. The molecule has 1 heterocycles. The lowest BCUT2D eigenvalue weighted by atomic mass is 10.0. The molecule has 0 saturated heterocycles. The minimum absolute atomic E-state index is 0.0822. The molecule has 2 unspecified atom stereocenters. The van der Waals surface area contributed by atoms with E-state index < -0.39 is 12.0 Å². The van der Waals surface area contributed by atoms with E-state index in [4.69, 9.17) is 9.84 Å². The minimum Gasteiger partial charge on any atom is -0.495 e. The lowest BCUT2D eigenvalue weighted by Crippen LogP contribution is -2.26. The molecule has 0 bridgehead atoms. The quantitative estimate of drug-likeness (QED) is 0.245. The number of rotatable bonds is 11. The van der Waals surface area contributed by atoms with E-state index in [9.17, 15) is 19.2 Å². The molecule has 3 aromatic rings. The number of carbonyl (C=O) groups excluding carboxylic acids is 3. The lowest BCUT2D eigenvalue weighted by Gasteiger charge is -2.18. The highest BCUT2D eigenvalue weighted by Gasteiger charge is 2.28. The fourth-order valence-corrected chi connectivity index (χ4v) is 4.71. The van der Waals surface area contributed by atoms with Gasteiger partial charge in [0.2, 0.25) is 17.7 Å². The summed E-state index contributed by atoms with van der Waals surface area (Å²) in [5.41, 5.74) is 4.44. The summed E-state index contributed by atoms with van der Waals surface area (Å²) in [4.78, 5) is 48.2. The van der Waals surface area contributed by atoms with E-state index in [1.165, 1.54) is 14.0 Å². The predicted octanol–water partition coefficient (Wildman–Crippen LogP) is 4.07. The molecule has 0 aliphatic carbocycles. The first-order valence-corrected chi connectivity index (χ1v) is 12.9. The van der Waals surface area contributed by atoms with E-state index in [1.54, 1.807) is 42.5 Å². The maximum atomic E-state index is 13.0. The molecule has 2 atom stereocenters. The van der Waals surface area contributed by atoms with Gasteiger partial charge in [0.05, 0.1) is 31.2 Å². The zero-order valence-corrected chi connectivity index (χ0v) is 22.3. The van der Waals surface area contributed by atoms with Crippen LogP contribution < -0.4 is 26.0 Å². The first-order chi connectivity index (χ1) is 19.2. The van der Waals surface area contributed by atoms with Crippen molar-refractivity contribution >= 4 is 40.8 Å². The Labute approximate surface area is 232 Å². The van der Waals surface area contributed by atoms with Crippen molar-refractivity contribution in [2.75, 3.05) is 29.6 Å². The summed E-state index contributed by atoms with van der Waals surface area (Å²) >= 11 is 0. The molecule has 0 spiro atoms. The molecule has 40 heavy (non-hydrogen) atoms. The van der Waals surface area contributed by atoms with Crippen LogP contribution in [0.5, 0.6) is 5.75 Å². The third-order valence-corrected chi connectivity index (χ3v) is 6.66. The van der Waals surface area contributed by atoms with Gasteiger partial charge in [-0.3, -0.25) is 19.2 Å². The van der Waals surface area contributed by atoms with Crippen molar-refractivity contribution in [1.82, 2.24) is 5.32 Å². The highest BCUT2D eigenvalue weighted by atomic mass is 16.5. The van der Waals surface area contributed by atoms with E-state index >= 15 is 0 Å². The van der Waals surface area contributed by atoms with E-state index in [0.717, 1.165) is 16.8 Å². The summed E-state index contributed by atoms with van der Waals surface area (Å²) in [6.45, 7) is 1.90. The Kier molecular flexibility index (Phi) is 9.00. The Morgan fingerprint density at radius 3 is 2.48 bits per heavy atom. The molecular formula is C30H32N4O6. The van der Waals surface area contributed by atoms with Gasteiger partial charge in [-0.15, -0.1) is 0 Å². The van der Waals surface area contributed by atoms with Crippen molar-refractivity contribution in [3.05, 3.63) is 83.4 Å². The number of hydrogen-bond donors (Lipinski definition) is 5. The zero-order chi connectivity index (χ0) is 28.6. The molecule has 0 radical (unpaired) electrons. The van der Waals surface area contributed by atoms with E-state index in [1.807, 2.05) is 24.3 Å². The molecular weight excluding hydrogens is 512 g/mol. The molecule has 208 valence electrons. The van der Waals surface area contributed by atoms with Crippen LogP contribution in [0.25, 0.3) is 0 Å². The third-order valence-electron chi connectivity index (χ3n) is 6.66. The second-order valence-electron chi connectivity index (χ2n) is 9.58. The molecule has 1 aliphatic heterocycles. The molecule has 4 rings (SSSR count). The highest BCUT2D eigenvalue weighted by Crippen LogP contribution is 2.33. The monoisotopic (exact) mass is 544 g/mol. The van der Waals surface area contributed by atoms with Gasteiger partial charge in [0.1, 0.15) is 5.75 Å². The van der Waals surface area contributed by atoms with E-state index in [2.05, 4.69) is 21.3 Å². The van der Waals surface area contributed by atoms with Crippen LogP contribution in [0.4, 0.5) is 17.1 Å². The lowest BCUT2D eigenvalue weighted by molar-refractivity contribution is -0.137. The fraction of sp³-hybridized carbons (Fsp3) is 0.267. The van der Waals surface area contributed by atoms with Crippen LogP contribution in [-0.4, -0.2) is 42.5 Å². The van der Waals surface area contributed by atoms with Crippen molar-refractivity contribution in [1.29, 1.82) is 0 Å². The Bertz CT molecular complexity index is 1410. The summed E-state index contributed by atoms with van der Waals surface area (Å²) in [5.74, 6) is -1.45. The van der Waals surface area contributed by atoms with Crippen LogP contribution in [0.15, 0.2) is 66.7 Å². The fourth-order valence-electron chi connectivity index (χ4n) is 4.71. The molecule has 10 heteroatoms. The number of anilines is 3. The Morgan fingerprint density at radius 2 is 1.77 bits per heavy atom. The van der Waals surface area contributed by atoms with Gasteiger partial charge in [-0.1, -0.05) is 36.4 Å². The van der Waals surface area contributed by atoms with Gasteiger partial charge in [-0.25, -0.2) is 0 Å². The van der Waals surface area contributed by atoms with Crippen molar-refractivity contribution in [3.63, 3.8) is 0 Å². The summed E-state index contributed by atoms with van der Waals surface area (Å²) in [6, 6.07) is 19.4. The van der Waals surface area contributed by atoms with E-state index in [0.29, 0.717) is 29.2 Å². The topological polar surface area (TPSA) is 146 Å². The van der Waals surface area contributed by atoms with Gasteiger partial charge in [-0.2, -0.15) is 0 Å². The van der Waals surface area contributed by atoms with Crippen molar-refractivity contribution < 1.29 is 29.0 Å². The molecule has 0 saturated carbocycles. The molecule has 10 nitrogen and oxygen atoms in total. The molecule has 3 aromatic carbocycles. The number of methoxy groups -OCH3 is 1. The van der Waals surface area contributed by atoms with Gasteiger partial charge in [-0.05, 0) is 53.4 Å². The number of ether oxygens (including phenoxy) is 1. The molecule has 1 aliphatic rings. The summed E-state index contributed by atoms with van der Waals surface area (Å²) < 4.78 is 5.49. The number of carboxylic acid groups (broad SMARTS) is 1. The molecule has 5 N–H and O–H groups in total. The number of carboxylic acids is 1. The highest BCUT2D eigenvalue weighted by molar-refractivity contribution is 5.99. The van der Waals surface area contributed by atoms with Crippen molar-refractivity contribution in [2.45, 2.75) is 38.1 Å². The Morgan fingerprint density at radius 1 is 1.02 bits per heavy atom. The van der Waals surface area contributed by atoms with Crippen LogP contribution in [0.1, 0.15) is 48.4 Å². The Hall–Kier alpha value is -4.86. The average Bonchev–Trinajstić information content (AvgIpc) is 3.36. The van der Waals surface area contributed by atoms with Crippen LogP contribution in [0.3, 0.4) is 0 Å². The van der Waals surface area contributed by atoms with Gasteiger partial charge in [0.15, 0.2) is 0 Å². The maximum absolute atomic E-state index is 13.0. The summed E-state index contributed by atoms with van der Waals surface area (Å²) in [7, 11) is 1.51. The number of carbonyl (C=O) groups is 4. The SMILES string of the molecule is COc1cc(CC(=O)Nc2ccc(C(CCC(=O)O)NC(C)=O)cc2)ccc1NC(=O)C1CNc2ccccc21. The summed E-state index contributed by atoms with van der Waals surface area (Å²) in [6.07, 6.45) is 0.254. The minimum atomic E-state index is -0.942. The Balaban J connectivity index is 1.36. The van der Waals surface area contributed by atoms with Gasteiger partial charge >= 0.3 is 5.97 Å². The van der Waals surface area contributed by atoms with Crippen LogP contribution >= 0.6 is 0 Å². The smallest absolute Gasteiger partial charge is 0.303 e. The first kappa shape index (κ1) is 28.2. The second-order valence-corrected chi connectivity index (χ2v) is 9.58. The van der Waals surface area contributed by atoms with Gasteiger partial charge in [0, 0.05) is 31.3 Å².